The second-order valence-electron chi connectivity index (χ2n) is 5.36. The molecule has 0 saturated carbocycles. The lowest BCUT2D eigenvalue weighted by Crippen LogP contribution is -2.40. The third kappa shape index (κ3) is 4.31. The first-order valence-corrected chi connectivity index (χ1v) is 7.74. The van der Waals surface area contributed by atoms with E-state index in [9.17, 15) is 13.2 Å². The Hall–Kier alpha value is -1.40. The molecular weight excluding hydrogens is 280 g/mol. The van der Waals surface area contributed by atoms with Gasteiger partial charge in [-0.05, 0) is 19.1 Å². The van der Waals surface area contributed by atoms with Gasteiger partial charge in [0.2, 0.25) is 0 Å². The van der Waals surface area contributed by atoms with Crippen molar-refractivity contribution in [1.29, 1.82) is 0 Å². The van der Waals surface area contributed by atoms with E-state index in [1.807, 2.05) is 0 Å². The highest BCUT2D eigenvalue weighted by Crippen LogP contribution is 2.27. The van der Waals surface area contributed by atoms with Crippen molar-refractivity contribution in [1.82, 2.24) is 0 Å². The second kappa shape index (κ2) is 6.37. The zero-order valence-electron chi connectivity index (χ0n) is 12.1. The van der Waals surface area contributed by atoms with Gasteiger partial charge >= 0.3 is 5.97 Å². The topological polar surface area (TPSA) is 69.7 Å². The molecule has 0 aromatic heterocycles. The van der Waals surface area contributed by atoms with Crippen LogP contribution < -0.4 is 0 Å². The van der Waals surface area contributed by atoms with Crippen LogP contribution in [-0.2, 0) is 23.8 Å². The van der Waals surface area contributed by atoms with Crippen LogP contribution in [0.3, 0.4) is 0 Å². The lowest BCUT2D eigenvalue weighted by Gasteiger charge is -2.27. The first kappa shape index (κ1) is 16.7. The van der Waals surface area contributed by atoms with E-state index in [-0.39, 0.29) is 11.5 Å². The molecule has 0 aliphatic carbocycles. The molecule has 1 rings (SSSR count). The van der Waals surface area contributed by atoms with Gasteiger partial charge in [0, 0.05) is 5.41 Å². The Morgan fingerprint density at radius 3 is 2.20 bits per heavy atom. The molecule has 112 valence electrons. The molecule has 0 aliphatic heterocycles. The van der Waals surface area contributed by atoms with Gasteiger partial charge in [-0.2, -0.15) is 8.42 Å². The van der Waals surface area contributed by atoms with E-state index in [4.69, 9.17) is 8.92 Å². The van der Waals surface area contributed by atoms with E-state index < -0.39 is 27.6 Å². The monoisotopic (exact) mass is 300 g/mol. The highest BCUT2D eigenvalue weighted by molar-refractivity contribution is 7.86. The normalized spacial score (nSPS) is 13.8. The first-order chi connectivity index (χ1) is 9.18. The summed E-state index contributed by atoms with van der Waals surface area (Å²) in [5.74, 6) is -0.681. The summed E-state index contributed by atoms with van der Waals surface area (Å²) in [6.45, 7) is 6.97. The summed E-state index contributed by atoms with van der Waals surface area (Å²) in [5, 5.41) is 0. The van der Waals surface area contributed by atoms with Crippen LogP contribution in [0.2, 0.25) is 0 Å². The van der Waals surface area contributed by atoms with Crippen molar-refractivity contribution < 1.29 is 22.1 Å². The fourth-order valence-corrected chi connectivity index (χ4v) is 2.75. The van der Waals surface area contributed by atoms with Gasteiger partial charge in [-0.15, -0.1) is 0 Å². The zero-order valence-corrected chi connectivity index (χ0v) is 12.9. The number of carbonyl (C=O) groups excluding carboxylic acids is 1. The molecule has 0 spiro atoms. The van der Waals surface area contributed by atoms with E-state index in [0.29, 0.717) is 0 Å². The van der Waals surface area contributed by atoms with Crippen LogP contribution in [-0.4, -0.2) is 27.1 Å². The molecule has 0 fully saturated rings. The Kier molecular flexibility index (Phi) is 5.30. The average Bonchev–Trinajstić information content (AvgIpc) is 2.36. The summed E-state index contributed by atoms with van der Waals surface area (Å²) >= 11 is 0. The SMILES string of the molecule is CCOC(=O)C(OS(=O)(=O)c1ccccc1)C(C)(C)C. The number of esters is 1. The molecular formula is C14H20O5S. The largest absolute Gasteiger partial charge is 0.464 e. The van der Waals surface area contributed by atoms with Crippen molar-refractivity contribution in [2.24, 2.45) is 5.41 Å². The van der Waals surface area contributed by atoms with E-state index in [1.54, 1.807) is 45.9 Å². The quantitative estimate of drug-likeness (QED) is 0.617. The van der Waals surface area contributed by atoms with Crippen LogP contribution in [0.25, 0.3) is 0 Å². The minimum Gasteiger partial charge on any atom is -0.464 e. The number of carbonyl (C=O) groups is 1. The van der Waals surface area contributed by atoms with Crippen molar-refractivity contribution >= 4 is 16.1 Å². The molecule has 0 aliphatic rings. The predicted octanol–water partition coefficient (Wildman–Crippen LogP) is 2.37. The van der Waals surface area contributed by atoms with Crippen LogP contribution in [0.1, 0.15) is 27.7 Å². The molecule has 1 aromatic carbocycles. The third-order valence-electron chi connectivity index (χ3n) is 2.54. The van der Waals surface area contributed by atoms with E-state index in [2.05, 4.69) is 0 Å². The number of rotatable bonds is 5. The fourth-order valence-electron chi connectivity index (χ4n) is 1.52. The molecule has 6 heteroatoms. The van der Waals surface area contributed by atoms with Gasteiger partial charge in [0.1, 0.15) is 0 Å². The Balaban J connectivity index is 3.04. The van der Waals surface area contributed by atoms with Gasteiger partial charge < -0.3 is 4.74 Å². The van der Waals surface area contributed by atoms with Crippen LogP contribution in [0, 0.1) is 5.41 Å². The van der Waals surface area contributed by atoms with E-state index in [0.717, 1.165) is 0 Å². The van der Waals surface area contributed by atoms with Crippen molar-refractivity contribution in [3.8, 4) is 0 Å². The van der Waals surface area contributed by atoms with Gasteiger partial charge in [0.25, 0.3) is 10.1 Å². The highest BCUT2D eigenvalue weighted by atomic mass is 32.2. The maximum Gasteiger partial charge on any atom is 0.337 e. The summed E-state index contributed by atoms with van der Waals surface area (Å²) in [4.78, 5) is 11.9. The summed E-state index contributed by atoms with van der Waals surface area (Å²) < 4.78 is 34.3. The van der Waals surface area contributed by atoms with Gasteiger partial charge in [-0.1, -0.05) is 39.0 Å². The minimum atomic E-state index is -4.01. The Morgan fingerprint density at radius 1 is 1.20 bits per heavy atom. The Morgan fingerprint density at radius 2 is 1.75 bits per heavy atom. The number of hydrogen-bond acceptors (Lipinski definition) is 5. The molecule has 1 aromatic rings. The van der Waals surface area contributed by atoms with E-state index >= 15 is 0 Å². The molecule has 20 heavy (non-hydrogen) atoms. The van der Waals surface area contributed by atoms with Crippen LogP contribution in [0.4, 0.5) is 0 Å². The van der Waals surface area contributed by atoms with Crippen LogP contribution >= 0.6 is 0 Å². The number of hydrogen-bond donors (Lipinski definition) is 0. The summed E-state index contributed by atoms with van der Waals surface area (Å²) in [5.41, 5.74) is -0.700. The predicted molar refractivity (Wildman–Crippen MR) is 74.6 cm³/mol. The summed E-state index contributed by atoms with van der Waals surface area (Å²) in [7, 11) is -4.01. The van der Waals surface area contributed by atoms with Crippen molar-refractivity contribution in [3.05, 3.63) is 30.3 Å². The molecule has 0 heterocycles. The average molecular weight is 300 g/mol. The highest BCUT2D eigenvalue weighted by Gasteiger charge is 2.38. The Bertz CT molecular complexity index is 543. The molecule has 0 saturated heterocycles. The second-order valence-corrected chi connectivity index (χ2v) is 6.93. The molecule has 0 radical (unpaired) electrons. The third-order valence-corrected chi connectivity index (χ3v) is 3.84. The molecule has 1 unspecified atom stereocenters. The van der Waals surface area contributed by atoms with Crippen molar-refractivity contribution in [2.75, 3.05) is 6.61 Å². The standard InChI is InChI=1S/C14H20O5S/c1-5-18-13(15)12(14(2,3)4)19-20(16,17)11-9-7-6-8-10-11/h6-10,12H,5H2,1-4H3. The summed E-state index contributed by atoms with van der Waals surface area (Å²) in [6.07, 6.45) is -1.19. The molecule has 0 N–H and O–H groups in total. The first-order valence-electron chi connectivity index (χ1n) is 6.33. The smallest absolute Gasteiger partial charge is 0.337 e. The van der Waals surface area contributed by atoms with E-state index in [1.165, 1.54) is 12.1 Å². The van der Waals surface area contributed by atoms with Gasteiger partial charge in [0.05, 0.1) is 11.5 Å². The Labute approximate surface area is 120 Å². The van der Waals surface area contributed by atoms with Gasteiger partial charge in [-0.25, -0.2) is 4.79 Å². The minimum absolute atomic E-state index is 0.0125. The zero-order chi connectivity index (χ0) is 15.4. The van der Waals surface area contributed by atoms with Crippen LogP contribution in [0.5, 0.6) is 0 Å². The lowest BCUT2D eigenvalue weighted by molar-refractivity contribution is -0.156. The maximum absolute atomic E-state index is 12.2. The van der Waals surface area contributed by atoms with Gasteiger partial charge in [0.15, 0.2) is 6.10 Å². The van der Waals surface area contributed by atoms with Crippen molar-refractivity contribution in [3.63, 3.8) is 0 Å². The molecule has 1 atom stereocenters. The lowest BCUT2D eigenvalue weighted by atomic mass is 9.89. The number of ether oxygens (including phenoxy) is 1. The maximum atomic E-state index is 12.2. The van der Waals surface area contributed by atoms with Gasteiger partial charge in [-0.3, -0.25) is 4.18 Å². The molecule has 0 amide bonds. The van der Waals surface area contributed by atoms with Crippen molar-refractivity contribution in [2.45, 2.75) is 38.7 Å². The molecule has 5 nitrogen and oxygen atoms in total. The molecule has 0 bridgehead atoms. The van der Waals surface area contributed by atoms with Crippen LogP contribution in [0.15, 0.2) is 35.2 Å². The number of benzene rings is 1. The fraction of sp³-hybridized carbons (Fsp3) is 0.500. The summed E-state index contributed by atoms with van der Waals surface area (Å²) in [6, 6.07) is 7.71.